The van der Waals surface area contributed by atoms with E-state index in [9.17, 15) is 19.2 Å². The second-order valence-corrected chi connectivity index (χ2v) is 5.34. The van der Waals surface area contributed by atoms with E-state index in [-0.39, 0.29) is 6.42 Å². The van der Waals surface area contributed by atoms with Crippen LogP contribution in [0.25, 0.3) is 0 Å². The molecule has 0 fully saturated rings. The normalized spacial score (nSPS) is 14.8. The van der Waals surface area contributed by atoms with Gasteiger partial charge in [-0.15, -0.1) is 0 Å². The van der Waals surface area contributed by atoms with Crippen molar-refractivity contribution in [1.29, 1.82) is 0 Å². The second-order valence-electron chi connectivity index (χ2n) is 5.34. The van der Waals surface area contributed by atoms with E-state index in [2.05, 4.69) is 0 Å². The van der Waals surface area contributed by atoms with Gasteiger partial charge in [-0.25, -0.2) is 0 Å². The summed E-state index contributed by atoms with van der Waals surface area (Å²) in [6.07, 6.45) is 1.40. The van der Waals surface area contributed by atoms with Gasteiger partial charge in [0.1, 0.15) is 0 Å². The van der Waals surface area contributed by atoms with Crippen LogP contribution in [0.1, 0.15) is 45.4 Å². The molecule has 0 aromatic carbocycles. The molecule has 0 radical (unpaired) electrons. The van der Waals surface area contributed by atoms with Crippen molar-refractivity contribution in [3.63, 3.8) is 0 Å². The first-order valence-electron chi connectivity index (χ1n) is 7.23. The zero-order chi connectivity index (χ0) is 17.3. The first-order valence-corrected chi connectivity index (χ1v) is 7.23. The molecule has 8 heteroatoms. The Kier molecular flexibility index (Phi) is 8.81. The number of aliphatic carboxylic acids is 2. The smallest absolute Gasteiger partial charge is 0.307 e. The number of amides is 2. The fraction of sp³-hybridized carbons (Fsp3) is 0.714. The van der Waals surface area contributed by atoms with E-state index < -0.39 is 47.9 Å². The third-order valence-corrected chi connectivity index (χ3v) is 3.74. The lowest BCUT2D eigenvalue weighted by atomic mass is 9.84. The molecule has 8 nitrogen and oxygen atoms in total. The zero-order valence-electron chi connectivity index (χ0n) is 12.7. The van der Waals surface area contributed by atoms with E-state index in [1.54, 1.807) is 6.92 Å². The number of hydrogen-bond donors (Lipinski definition) is 4. The van der Waals surface area contributed by atoms with Crippen LogP contribution in [0.15, 0.2) is 0 Å². The van der Waals surface area contributed by atoms with E-state index in [1.165, 1.54) is 0 Å². The average molecular weight is 316 g/mol. The van der Waals surface area contributed by atoms with Crippen LogP contribution >= 0.6 is 0 Å². The first kappa shape index (κ1) is 19.9. The van der Waals surface area contributed by atoms with Crippen molar-refractivity contribution >= 4 is 23.8 Å². The summed E-state index contributed by atoms with van der Waals surface area (Å²) in [7, 11) is 0. The lowest BCUT2D eigenvalue weighted by molar-refractivity contribution is -0.148. The Labute approximate surface area is 128 Å². The summed E-state index contributed by atoms with van der Waals surface area (Å²) in [6, 6.07) is 0. The van der Waals surface area contributed by atoms with Gasteiger partial charge in [0.25, 0.3) is 0 Å². The molecule has 6 N–H and O–H groups in total. The van der Waals surface area contributed by atoms with Crippen LogP contribution in [-0.4, -0.2) is 34.0 Å². The minimum atomic E-state index is -1.16. The van der Waals surface area contributed by atoms with Crippen molar-refractivity contribution in [2.45, 2.75) is 45.4 Å². The average Bonchev–Trinajstić information content (AvgIpc) is 2.39. The number of unbranched alkanes of at least 4 members (excludes halogenated alkanes) is 1. The highest BCUT2D eigenvalue weighted by atomic mass is 16.4. The molecule has 0 aliphatic carbocycles. The molecule has 2 amide bonds. The predicted octanol–water partition coefficient (Wildman–Crippen LogP) is 0.335. The molecule has 0 saturated carbocycles. The van der Waals surface area contributed by atoms with Crippen molar-refractivity contribution in [1.82, 2.24) is 0 Å². The van der Waals surface area contributed by atoms with Crippen LogP contribution in [0.4, 0.5) is 0 Å². The third kappa shape index (κ3) is 7.05. The van der Waals surface area contributed by atoms with Gasteiger partial charge in [-0.1, -0.05) is 19.8 Å². The topological polar surface area (TPSA) is 161 Å². The van der Waals surface area contributed by atoms with Gasteiger partial charge in [0.05, 0.1) is 12.3 Å². The number of carboxylic acids is 2. The standard InChI is InChI=1S/C14H24N2O6/c1-2-9(12(15)19)10(13(16)20)6-4-3-5-8(14(21)22)7-11(17)18/h8-10H,2-7H2,1H3,(H2,15,19)(H2,16,20)(H,17,18)(H,21,22). The number of primary amides is 2. The van der Waals surface area contributed by atoms with Crippen molar-refractivity contribution in [2.24, 2.45) is 29.2 Å². The molecule has 0 aliphatic rings. The summed E-state index contributed by atoms with van der Waals surface area (Å²) in [5.74, 6) is -5.77. The monoisotopic (exact) mass is 316 g/mol. The van der Waals surface area contributed by atoms with Crippen LogP contribution in [0.5, 0.6) is 0 Å². The van der Waals surface area contributed by atoms with Gasteiger partial charge in [-0.2, -0.15) is 0 Å². The maximum atomic E-state index is 11.4. The number of carbonyl (C=O) groups excluding carboxylic acids is 2. The van der Waals surface area contributed by atoms with Gasteiger partial charge in [-0.3, -0.25) is 19.2 Å². The summed E-state index contributed by atoms with van der Waals surface area (Å²) >= 11 is 0. The molecule has 0 heterocycles. The van der Waals surface area contributed by atoms with Crippen molar-refractivity contribution in [3.8, 4) is 0 Å². The summed E-state index contributed by atoms with van der Waals surface area (Å²) in [6.45, 7) is 1.73. The Hall–Kier alpha value is -2.12. The summed E-state index contributed by atoms with van der Waals surface area (Å²) in [5, 5.41) is 17.6. The van der Waals surface area contributed by atoms with Gasteiger partial charge >= 0.3 is 11.9 Å². The number of carbonyl (C=O) groups is 4. The highest BCUT2D eigenvalue weighted by Crippen LogP contribution is 2.23. The molecule has 22 heavy (non-hydrogen) atoms. The SMILES string of the molecule is CCC(C(N)=O)C(CCCCC(CC(=O)O)C(=O)O)C(N)=O. The number of nitrogens with two attached hydrogens (primary N) is 2. The van der Waals surface area contributed by atoms with E-state index >= 15 is 0 Å². The van der Waals surface area contributed by atoms with Gasteiger partial charge < -0.3 is 21.7 Å². The number of rotatable bonds is 12. The lowest BCUT2D eigenvalue weighted by Crippen LogP contribution is -2.37. The van der Waals surface area contributed by atoms with E-state index in [4.69, 9.17) is 21.7 Å². The fourth-order valence-electron chi connectivity index (χ4n) is 2.50. The minimum absolute atomic E-state index is 0.195. The van der Waals surface area contributed by atoms with Crippen molar-refractivity contribution < 1.29 is 29.4 Å². The molecule has 0 bridgehead atoms. The number of carboxylic acid groups (broad SMARTS) is 2. The summed E-state index contributed by atoms with van der Waals surface area (Å²) < 4.78 is 0. The molecular formula is C14H24N2O6. The van der Waals surface area contributed by atoms with Crippen molar-refractivity contribution in [3.05, 3.63) is 0 Å². The molecule has 0 aromatic rings. The second kappa shape index (κ2) is 9.75. The van der Waals surface area contributed by atoms with Crippen LogP contribution in [0.3, 0.4) is 0 Å². The van der Waals surface area contributed by atoms with E-state index in [0.717, 1.165) is 0 Å². The van der Waals surface area contributed by atoms with Gasteiger partial charge in [0, 0.05) is 11.8 Å². The Morgan fingerprint density at radius 3 is 1.77 bits per heavy atom. The third-order valence-electron chi connectivity index (χ3n) is 3.74. The molecular weight excluding hydrogens is 292 g/mol. The minimum Gasteiger partial charge on any atom is -0.481 e. The molecule has 0 rings (SSSR count). The maximum Gasteiger partial charge on any atom is 0.307 e. The Bertz CT molecular complexity index is 424. The summed E-state index contributed by atoms with van der Waals surface area (Å²) in [5.41, 5.74) is 10.5. The van der Waals surface area contributed by atoms with Gasteiger partial charge in [0.15, 0.2) is 0 Å². The van der Waals surface area contributed by atoms with Crippen LogP contribution < -0.4 is 11.5 Å². The van der Waals surface area contributed by atoms with Crippen LogP contribution in [-0.2, 0) is 19.2 Å². The highest BCUT2D eigenvalue weighted by molar-refractivity contribution is 5.85. The molecule has 126 valence electrons. The first-order chi connectivity index (χ1) is 10.2. The van der Waals surface area contributed by atoms with Crippen molar-refractivity contribution in [2.75, 3.05) is 0 Å². The van der Waals surface area contributed by atoms with E-state index in [1.807, 2.05) is 0 Å². The van der Waals surface area contributed by atoms with Crippen LogP contribution in [0.2, 0.25) is 0 Å². The van der Waals surface area contributed by atoms with Crippen LogP contribution in [0, 0.1) is 17.8 Å². The Morgan fingerprint density at radius 2 is 1.41 bits per heavy atom. The quantitative estimate of drug-likeness (QED) is 0.379. The molecule has 0 saturated heterocycles. The molecule has 3 atom stereocenters. The molecule has 0 aromatic heterocycles. The summed E-state index contributed by atoms with van der Waals surface area (Å²) in [4.78, 5) is 44.2. The largest absolute Gasteiger partial charge is 0.481 e. The zero-order valence-corrected chi connectivity index (χ0v) is 12.7. The molecule has 0 spiro atoms. The van der Waals surface area contributed by atoms with E-state index in [0.29, 0.717) is 25.7 Å². The Morgan fingerprint density at radius 1 is 0.909 bits per heavy atom. The molecule has 0 aliphatic heterocycles. The van der Waals surface area contributed by atoms with Gasteiger partial charge in [0.2, 0.25) is 11.8 Å². The highest BCUT2D eigenvalue weighted by Gasteiger charge is 2.29. The Balaban J connectivity index is 4.45. The van der Waals surface area contributed by atoms with Gasteiger partial charge in [-0.05, 0) is 19.3 Å². The number of hydrogen-bond acceptors (Lipinski definition) is 4. The lowest BCUT2D eigenvalue weighted by Gasteiger charge is -2.20. The predicted molar refractivity (Wildman–Crippen MR) is 77.5 cm³/mol. The fourth-order valence-corrected chi connectivity index (χ4v) is 2.50. The molecule has 3 unspecified atom stereocenters. The maximum absolute atomic E-state index is 11.4.